The second kappa shape index (κ2) is 12.7. The molecule has 150 valence electrons. The Balaban J connectivity index is 0.00000364. The van der Waals surface area contributed by atoms with Gasteiger partial charge in [-0.15, -0.1) is 24.0 Å². The van der Waals surface area contributed by atoms with E-state index in [0.29, 0.717) is 12.5 Å². The van der Waals surface area contributed by atoms with Gasteiger partial charge in [0.2, 0.25) is 0 Å². The van der Waals surface area contributed by atoms with Crippen molar-refractivity contribution in [2.45, 2.75) is 39.3 Å². The highest BCUT2D eigenvalue weighted by Crippen LogP contribution is 2.13. The van der Waals surface area contributed by atoms with Gasteiger partial charge in [-0.1, -0.05) is 49.3 Å². The van der Waals surface area contributed by atoms with E-state index >= 15 is 0 Å². The summed E-state index contributed by atoms with van der Waals surface area (Å²) in [5, 5.41) is 10.7. The third kappa shape index (κ3) is 8.75. The van der Waals surface area contributed by atoms with Crippen molar-refractivity contribution in [3.05, 3.63) is 53.4 Å². The molecule has 1 heterocycles. The van der Waals surface area contributed by atoms with Crippen LogP contribution < -0.4 is 10.6 Å². The number of nitrogens with zero attached hydrogens (tertiary/aromatic N) is 3. The second-order valence-corrected chi connectivity index (χ2v) is 6.80. The zero-order chi connectivity index (χ0) is 18.8. The molecule has 0 amide bonds. The number of guanidine groups is 1. The molecule has 0 fully saturated rings. The average molecular weight is 485 g/mol. The molecular weight excluding hydrogens is 453 g/mol. The molecule has 0 aliphatic heterocycles. The van der Waals surface area contributed by atoms with Gasteiger partial charge in [-0.05, 0) is 31.5 Å². The van der Waals surface area contributed by atoms with Gasteiger partial charge in [0.1, 0.15) is 0 Å². The summed E-state index contributed by atoms with van der Waals surface area (Å²) in [6.07, 6.45) is 1.05. The third-order valence-corrected chi connectivity index (χ3v) is 4.13. The molecule has 2 aromatic rings. The Morgan fingerprint density at radius 2 is 1.96 bits per heavy atom. The molecule has 0 atom stereocenters. The standard InChI is InChI=1S/C20H31N5O.HI/c1-16(2)19-13-18(26-24-19)14-23-20(21-3)22-11-8-12-25(4)15-17-9-6-5-7-10-17;/h5-7,9-10,13,16H,8,11-12,14-15H2,1-4H3,(H2,21,22,23);1H. The van der Waals surface area contributed by atoms with Gasteiger partial charge in [-0.3, -0.25) is 4.99 Å². The Hall–Kier alpha value is -1.61. The van der Waals surface area contributed by atoms with E-state index in [1.165, 1.54) is 5.56 Å². The summed E-state index contributed by atoms with van der Waals surface area (Å²) in [4.78, 5) is 6.58. The van der Waals surface area contributed by atoms with Crippen molar-refractivity contribution >= 4 is 29.9 Å². The SMILES string of the molecule is CN=C(NCCCN(C)Cc1ccccc1)NCc1cc(C(C)C)no1.I. The largest absolute Gasteiger partial charge is 0.359 e. The lowest BCUT2D eigenvalue weighted by atomic mass is 10.1. The van der Waals surface area contributed by atoms with E-state index in [1.807, 2.05) is 6.07 Å². The van der Waals surface area contributed by atoms with Gasteiger partial charge in [0.15, 0.2) is 11.7 Å². The Morgan fingerprint density at radius 3 is 2.59 bits per heavy atom. The maximum Gasteiger partial charge on any atom is 0.191 e. The Labute approximate surface area is 179 Å². The predicted molar refractivity (Wildman–Crippen MR) is 122 cm³/mol. The van der Waals surface area contributed by atoms with Crippen LogP contribution in [0.4, 0.5) is 0 Å². The number of hydrogen-bond donors (Lipinski definition) is 2. The van der Waals surface area contributed by atoms with Crippen molar-refractivity contribution in [3.63, 3.8) is 0 Å². The van der Waals surface area contributed by atoms with Crippen molar-refractivity contribution in [1.82, 2.24) is 20.7 Å². The maximum absolute atomic E-state index is 5.33. The van der Waals surface area contributed by atoms with Crippen LogP contribution in [0.3, 0.4) is 0 Å². The van der Waals surface area contributed by atoms with Gasteiger partial charge in [-0.2, -0.15) is 0 Å². The van der Waals surface area contributed by atoms with Crippen LogP contribution in [0.2, 0.25) is 0 Å². The summed E-state index contributed by atoms with van der Waals surface area (Å²) in [5.74, 6) is 1.97. The van der Waals surface area contributed by atoms with Gasteiger partial charge >= 0.3 is 0 Å². The van der Waals surface area contributed by atoms with Gasteiger partial charge in [0, 0.05) is 26.2 Å². The monoisotopic (exact) mass is 485 g/mol. The highest BCUT2D eigenvalue weighted by molar-refractivity contribution is 14.0. The van der Waals surface area contributed by atoms with Crippen LogP contribution in [0.25, 0.3) is 0 Å². The van der Waals surface area contributed by atoms with Crippen LogP contribution in [-0.2, 0) is 13.1 Å². The number of hydrogen-bond acceptors (Lipinski definition) is 4. The smallest absolute Gasteiger partial charge is 0.191 e. The molecule has 0 aliphatic carbocycles. The Bertz CT molecular complexity index is 672. The topological polar surface area (TPSA) is 65.7 Å². The minimum absolute atomic E-state index is 0. The minimum atomic E-state index is 0. The van der Waals surface area contributed by atoms with Crippen molar-refractivity contribution in [1.29, 1.82) is 0 Å². The summed E-state index contributed by atoms with van der Waals surface area (Å²) in [7, 11) is 3.92. The van der Waals surface area contributed by atoms with E-state index < -0.39 is 0 Å². The van der Waals surface area contributed by atoms with E-state index in [0.717, 1.165) is 43.5 Å². The number of nitrogens with one attached hydrogen (secondary N) is 2. The molecule has 0 aliphatic rings. The third-order valence-electron chi connectivity index (χ3n) is 4.13. The maximum atomic E-state index is 5.33. The van der Waals surface area contributed by atoms with Gasteiger partial charge in [0.25, 0.3) is 0 Å². The molecule has 0 saturated heterocycles. The Morgan fingerprint density at radius 1 is 1.22 bits per heavy atom. The second-order valence-electron chi connectivity index (χ2n) is 6.80. The molecule has 0 unspecified atom stereocenters. The first-order valence-electron chi connectivity index (χ1n) is 9.21. The first-order valence-corrected chi connectivity index (χ1v) is 9.21. The molecule has 1 aromatic carbocycles. The van der Waals surface area contributed by atoms with Crippen LogP contribution in [-0.4, -0.2) is 43.2 Å². The van der Waals surface area contributed by atoms with Gasteiger partial charge < -0.3 is 20.1 Å². The number of halogens is 1. The molecular formula is C20H32IN5O. The van der Waals surface area contributed by atoms with E-state index in [2.05, 4.69) is 76.9 Å². The normalized spacial score (nSPS) is 11.6. The minimum Gasteiger partial charge on any atom is -0.359 e. The molecule has 0 bridgehead atoms. The molecule has 7 heteroatoms. The molecule has 2 N–H and O–H groups in total. The lowest BCUT2D eigenvalue weighted by molar-refractivity contribution is 0.322. The van der Waals surface area contributed by atoms with Crippen molar-refractivity contribution in [2.24, 2.45) is 4.99 Å². The Kier molecular flexibility index (Phi) is 11.0. The predicted octanol–water partition coefficient (Wildman–Crippen LogP) is 3.60. The number of aliphatic imine (C=N–C) groups is 1. The van der Waals surface area contributed by atoms with Crippen LogP contribution >= 0.6 is 24.0 Å². The first kappa shape index (κ1) is 23.4. The fraction of sp³-hybridized carbons (Fsp3) is 0.500. The molecule has 1 aromatic heterocycles. The molecule has 2 rings (SSSR count). The van der Waals surface area contributed by atoms with Crippen molar-refractivity contribution in [2.75, 3.05) is 27.2 Å². The highest BCUT2D eigenvalue weighted by atomic mass is 127. The van der Waals surface area contributed by atoms with E-state index in [-0.39, 0.29) is 24.0 Å². The highest BCUT2D eigenvalue weighted by Gasteiger charge is 2.08. The fourth-order valence-corrected chi connectivity index (χ4v) is 2.61. The zero-order valence-electron chi connectivity index (χ0n) is 16.7. The van der Waals surface area contributed by atoms with E-state index in [1.54, 1.807) is 7.05 Å². The van der Waals surface area contributed by atoms with Gasteiger partial charge in [0.05, 0.1) is 12.2 Å². The summed E-state index contributed by atoms with van der Waals surface area (Å²) >= 11 is 0. The van der Waals surface area contributed by atoms with Crippen molar-refractivity contribution in [3.8, 4) is 0 Å². The van der Waals surface area contributed by atoms with Gasteiger partial charge in [-0.25, -0.2) is 0 Å². The van der Waals surface area contributed by atoms with E-state index in [4.69, 9.17) is 4.52 Å². The van der Waals surface area contributed by atoms with Crippen LogP contribution in [0.1, 0.15) is 43.2 Å². The van der Waals surface area contributed by atoms with Crippen molar-refractivity contribution < 1.29 is 4.52 Å². The molecule has 27 heavy (non-hydrogen) atoms. The van der Waals surface area contributed by atoms with E-state index in [9.17, 15) is 0 Å². The van der Waals surface area contributed by atoms with Crippen LogP contribution in [0.15, 0.2) is 45.9 Å². The summed E-state index contributed by atoms with van der Waals surface area (Å²) in [6.45, 7) is 7.64. The summed E-state index contributed by atoms with van der Waals surface area (Å²) < 4.78 is 5.33. The summed E-state index contributed by atoms with van der Waals surface area (Å²) in [6, 6.07) is 12.5. The quantitative estimate of drug-likeness (QED) is 0.246. The zero-order valence-corrected chi connectivity index (χ0v) is 19.1. The molecule has 0 saturated carbocycles. The molecule has 0 radical (unpaired) electrons. The fourth-order valence-electron chi connectivity index (χ4n) is 2.61. The summed E-state index contributed by atoms with van der Waals surface area (Å²) in [5.41, 5.74) is 2.32. The number of benzene rings is 1. The molecule has 6 nitrogen and oxygen atoms in total. The average Bonchev–Trinajstić information content (AvgIpc) is 3.11. The molecule has 0 spiro atoms. The van der Waals surface area contributed by atoms with Crippen LogP contribution in [0.5, 0.6) is 0 Å². The lowest BCUT2D eigenvalue weighted by Gasteiger charge is -2.17. The first-order chi connectivity index (χ1) is 12.6. The number of aromatic nitrogens is 1. The van der Waals surface area contributed by atoms with Crippen LogP contribution in [0, 0.1) is 0 Å². The number of rotatable bonds is 9. The lowest BCUT2D eigenvalue weighted by Crippen LogP contribution is -2.38.